The van der Waals surface area contributed by atoms with E-state index in [2.05, 4.69) is 5.32 Å². The van der Waals surface area contributed by atoms with Gasteiger partial charge in [0.25, 0.3) is 5.91 Å². The van der Waals surface area contributed by atoms with Crippen molar-refractivity contribution >= 4 is 18.3 Å². The van der Waals surface area contributed by atoms with E-state index in [1.165, 1.54) is 6.42 Å². The zero-order valence-electron chi connectivity index (χ0n) is 12.2. The van der Waals surface area contributed by atoms with Crippen LogP contribution in [-0.4, -0.2) is 37.0 Å². The van der Waals surface area contributed by atoms with E-state index in [-0.39, 0.29) is 18.3 Å². The number of furan rings is 1. The zero-order valence-corrected chi connectivity index (χ0v) is 13.0. The van der Waals surface area contributed by atoms with E-state index in [9.17, 15) is 4.79 Å². The molecule has 0 atom stereocenters. The van der Waals surface area contributed by atoms with Crippen molar-refractivity contribution in [2.24, 2.45) is 5.41 Å². The number of hydrogen-bond acceptors (Lipinski definition) is 3. The minimum atomic E-state index is 0. The van der Waals surface area contributed by atoms with Gasteiger partial charge < -0.3 is 14.6 Å². The maximum absolute atomic E-state index is 12.5. The van der Waals surface area contributed by atoms with E-state index in [0.717, 1.165) is 50.3 Å². The monoisotopic (exact) mass is 298 g/mol. The molecule has 0 radical (unpaired) electrons. The average molecular weight is 299 g/mol. The van der Waals surface area contributed by atoms with Gasteiger partial charge in [-0.05, 0) is 51.1 Å². The zero-order chi connectivity index (χ0) is 13.5. The van der Waals surface area contributed by atoms with E-state index < -0.39 is 0 Å². The van der Waals surface area contributed by atoms with Gasteiger partial charge >= 0.3 is 0 Å². The molecule has 20 heavy (non-hydrogen) atoms. The van der Waals surface area contributed by atoms with Crippen LogP contribution in [-0.2, 0) is 0 Å². The summed E-state index contributed by atoms with van der Waals surface area (Å²) in [6.45, 7) is 7.80. The van der Waals surface area contributed by atoms with E-state index in [1.54, 1.807) is 0 Å². The first-order chi connectivity index (χ1) is 9.10. The molecule has 4 nitrogen and oxygen atoms in total. The number of rotatable bonds is 1. The lowest BCUT2D eigenvalue weighted by Crippen LogP contribution is -2.44. The van der Waals surface area contributed by atoms with Gasteiger partial charge in [0, 0.05) is 25.2 Å². The lowest BCUT2D eigenvalue weighted by atomic mass is 9.78. The number of carbonyl (C=O) groups excluding carboxylic acids is 1. The second-order valence-electron chi connectivity index (χ2n) is 6.09. The normalized spacial score (nSPS) is 21.0. The summed E-state index contributed by atoms with van der Waals surface area (Å²) >= 11 is 0. The highest BCUT2D eigenvalue weighted by Gasteiger charge is 2.38. The van der Waals surface area contributed by atoms with Gasteiger partial charge in [0.2, 0.25) is 0 Å². The Morgan fingerprint density at radius 2 is 2.00 bits per heavy atom. The topological polar surface area (TPSA) is 45.5 Å². The third-order valence-electron chi connectivity index (χ3n) is 4.68. The molecular weight excluding hydrogens is 276 g/mol. The van der Waals surface area contributed by atoms with E-state index >= 15 is 0 Å². The largest absolute Gasteiger partial charge is 0.456 e. The fourth-order valence-electron chi connectivity index (χ4n) is 3.40. The molecular formula is C15H23ClN2O2. The summed E-state index contributed by atoms with van der Waals surface area (Å²) in [6.07, 6.45) is 3.49. The summed E-state index contributed by atoms with van der Waals surface area (Å²) in [6, 6.07) is 1.93. The van der Waals surface area contributed by atoms with Gasteiger partial charge in [-0.25, -0.2) is 0 Å². The fourth-order valence-corrected chi connectivity index (χ4v) is 3.40. The summed E-state index contributed by atoms with van der Waals surface area (Å²) in [5, 5.41) is 3.45. The Morgan fingerprint density at radius 3 is 2.50 bits per heavy atom. The molecule has 1 aromatic heterocycles. The molecule has 2 aliphatic rings. The summed E-state index contributed by atoms with van der Waals surface area (Å²) in [7, 11) is 0. The second-order valence-corrected chi connectivity index (χ2v) is 6.09. The van der Waals surface area contributed by atoms with Crippen molar-refractivity contribution in [3.8, 4) is 0 Å². The Kier molecular flexibility index (Phi) is 4.45. The molecule has 1 amide bonds. The number of nitrogens with one attached hydrogen (secondary N) is 1. The SMILES string of the molecule is Cc1cc(C)c(C(=O)N2CCC3(CCNC3)CC2)o1.Cl. The highest BCUT2D eigenvalue weighted by molar-refractivity contribution is 5.93. The number of piperidine rings is 1. The lowest BCUT2D eigenvalue weighted by Gasteiger charge is -2.38. The Bertz CT molecular complexity index is 482. The van der Waals surface area contributed by atoms with Gasteiger partial charge in [-0.1, -0.05) is 0 Å². The molecule has 1 N–H and O–H groups in total. The first-order valence-corrected chi connectivity index (χ1v) is 7.17. The predicted octanol–water partition coefficient (Wildman–Crippen LogP) is 2.53. The van der Waals surface area contributed by atoms with E-state index in [4.69, 9.17) is 4.42 Å². The van der Waals surface area contributed by atoms with Gasteiger partial charge in [-0.3, -0.25) is 4.79 Å². The maximum atomic E-state index is 12.5. The molecule has 1 aromatic rings. The van der Waals surface area contributed by atoms with Crippen LogP contribution in [0.2, 0.25) is 0 Å². The molecule has 2 fully saturated rings. The van der Waals surface area contributed by atoms with Gasteiger partial charge in [-0.15, -0.1) is 12.4 Å². The molecule has 3 heterocycles. The van der Waals surface area contributed by atoms with Crippen molar-refractivity contribution in [2.45, 2.75) is 33.1 Å². The smallest absolute Gasteiger partial charge is 0.289 e. The first-order valence-electron chi connectivity index (χ1n) is 7.17. The van der Waals surface area contributed by atoms with Crippen LogP contribution in [0.4, 0.5) is 0 Å². The number of halogens is 1. The molecule has 0 aliphatic carbocycles. The van der Waals surface area contributed by atoms with Crippen LogP contribution in [0.25, 0.3) is 0 Å². The number of nitrogens with zero attached hydrogens (tertiary/aromatic N) is 1. The Morgan fingerprint density at radius 1 is 1.30 bits per heavy atom. The highest BCUT2D eigenvalue weighted by atomic mass is 35.5. The molecule has 0 aromatic carbocycles. The fraction of sp³-hybridized carbons (Fsp3) is 0.667. The molecule has 2 aliphatic heterocycles. The molecule has 2 saturated heterocycles. The number of amides is 1. The third-order valence-corrected chi connectivity index (χ3v) is 4.68. The minimum absolute atomic E-state index is 0. The predicted molar refractivity (Wildman–Crippen MR) is 80.5 cm³/mol. The van der Waals surface area contributed by atoms with Gasteiger partial charge in [0.1, 0.15) is 5.76 Å². The standard InChI is InChI=1S/C15H22N2O2.ClH/c1-11-9-12(2)19-13(11)14(18)17-7-4-15(5-8-17)3-6-16-10-15;/h9,16H,3-8,10H2,1-2H3;1H. The van der Waals surface area contributed by atoms with Crippen LogP contribution in [0.1, 0.15) is 41.1 Å². The van der Waals surface area contributed by atoms with E-state index in [1.807, 2.05) is 24.8 Å². The molecule has 112 valence electrons. The third kappa shape index (κ3) is 2.72. The summed E-state index contributed by atoms with van der Waals surface area (Å²) in [4.78, 5) is 14.4. The maximum Gasteiger partial charge on any atom is 0.289 e. The Balaban J connectivity index is 0.00000147. The molecule has 3 rings (SSSR count). The molecule has 0 unspecified atom stereocenters. The Labute approximate surface area is 126 Å². The quantitative estimate of drug-likeness (QED) is 0.866. The van der Waals surface area contributed by atoms with Crippen molar-refractivity contribution < 1.29 is 9.21 Å². The van der Waals surface area contributed by atoms with Gasteiger partial charge in [0.15, 0.2) is 5.76 Å². The average Bonchev–Trinajstić information content (AvgIpc) is 2.97. The Hall–Kier alpha value is -1.00. The summed E-state index contributed by atoms with van der Waals surface area (Å²) in [5.41, 5.74) is 1.40. The highest BCUT2D eigenvalue weighted by Crippen LogP contribution is 2.37. The van der Waals surface area contributed by atoms with Gasteiger partial charge in [0.05, 0.1) is 0 Å². The van der Waals surface area contributed by atoms with Gasteiger partial charge in [-0.2, -0.15) is 0 Å². The molecule has 0 bridgehead atoms. The first kappa shape index (κ1) is 15.4. The summed E-state index contributed by atoms with van der Waals surface area (Å²) in [5.74, 6) is 1.40. The number of carbonyl (C=O) groups is 1. The van der Waals surface area contributed by atoms with Crippen LogP contribution < -0.4 is 5.32 Å². The minimum Gasteiger partial charge on any atom is -0.456 e. The number of likely N-dealkylation sites (tertiary alicyclic amines) is 1. The summed E-state index contributed by atoms with van der Waals surface area (Å²) < 4.78 is 5.54. The number of aryl methyl sites for hydroxylation is 2. The van der Waals surface area contributed by atoms with Crippen LogP contribution in [0.15, 0.2) is 10.5 Å². The second kappa shape index (κ2) is 5.78. The van der Waals surface area contributed by atoms with Crippen LogP contribution in [0.5, 0.6) is 0 Å². The van der Waals surface area contributed by atoms with Crippen molar-refractivity contribution in [3.63, 3.8) is 0 Å². The molecule has 0 saturated carbocycles. The van der Waals surface area contributed by atoms with E-state index in [0.29, 0.717) is 11.2 Å². The number of hydrogen-bond donors (Lipinski definition) is 1. The van der Waals surface area contributed by atoms with Crippen molar-refractivity contribution in [2.75, 3.05) is 26.2 Å². The van der Waals surface area contributed by atoms with Crippen molar-refractivity contribution in [1.29, 1.82) is 0 Å². The van der Waals surface area contributed by atoms with Crippen molar-refractivity contribution in [3.05, 3.63) is 23.2 Å². The molecule has 5 heteroatoms. The lowest BCUT2D eigenvalue weighted by molar-refractivity contribution is 0.0575. The van der Waals surface area contributed by atoms with Crippen LogP contribution >= 0.6 is 12.4 Å². The van der Waals surface area contributed by atoms with Crippen LogP contribution in [0.3, 0.4) is 0 Å². The van der Waals surface area contributed by atoms with Crippen LogP contribution in [0, 0.1) is 19.3 Å². The molecule has 1 spiro atoms. The van der Waals surface area contributed by atoms with Crippen molar-refractivity contribution in [1.82, 2.24) is 10.2 Å².